The van der Waals surface area contributed by atoms with E-state index in [-0.39, 0.29) is 73.4 Å². The predicted molar refractivity (Wildman–Crippen MR) is 172 cm³/mol. The van der Waals surface area contributed by atoms with Crippen molar-refractivity contribution in [2.24, 2.45) is 40.9 Å². The topological polar surface area (TPSA) is 133 Å². The molecule has 0 radical (unpaired) electrons. The quantitative estimate of drug-likeness (QED) is 0.213. The molecular formula is C36H54N2O9. The SMILES string of the molecule is CC(C)CN(C[C@H](O)[C@@H](CC(=O)OC1C2COC3OCC1C3C2)Cc1ccccc1)NC(=O)[C@@H](CC(=O)OC1CCOC1)C(C)(C)C. The largest absolute Gasteiger partial charge is 0.462 e. The van der Waals surface area contributed by atoms with Gasteiger partial charge >= 0.3 is 11.9 Å². The van der Waals surface area contributed by atoms with Crippen LogP contribution in [0.15, 0.2) is 30.3 Å². The van der Waals surface area contributed by atoms with Gasteiger partial charge in [-0.1, -0.05) is 65.0 Å². The highest BCUT2D eigenvalue weighted by Gasteiger charge is 2.56. The number of nitrogens with one attached hydrogen (secondary N) is 1. The second kappa shape index (κ2) is 15.8. The molecule has 3 saturated heterocycles. The van der Waals surface area contributed by atoms with Crippen LogP contribution >= 0.6 is 0 Å². The molecule has 3 aliphatic heterocycles. The number of hydrogen-bond acceptors (Lipinski definition) is 10. The number of hydrogen-bond donors (Lipinski definition) is 2. The van der Waals surface area contributed by atoms with Gasteiger partial charge in [-0.25, -0.2) is 5.01 Å². The molecule has 1 aromatic rings. The number of nitrogens with zero attached hydrogens (tertiary/aromatic N) is 1. The number of hydrazine groups is 1. The minimum Gasteiger partial charge on any atom is -0.462 e. The Bertz CT molecular complexity index is 1200. The van der Waals surface area contributed by atoms with Crippen molar-refractivity contribution in [3.05, 3.63) is 35.9 Å². The zero-order valence-corrected chi connectivity index (χ0v) is 28.6. The van der Waals surface area contributed by atoms with Crippen LogP contribution in [0.4, 0.5) is 0 Å². The van der Waals surface area contributed by atoms with E-state index in [1.165, 1.54) is 0 Å². The van der Waals surface area contributed by atoms with Crippen molar-refractivity contribution in [1.29, 1.82) is 0 Å². The van der Waals surface area contributed by atoms with Gasteiger partial charge in [-0.3, -0.25) is 19.8 Å². The van der Waals surface area contributed by atoms with Crippen LogP contribution in [0, 0.1) is 40.9 Å². The third-order valence-corrected chi connectivity index (χ3v) is 10.0. The van der Waals surface area contributed by atoms with E-state index in [0.29, 0.717) is 45.8 Å². The Balaban J connectivity index is 1.25. The summed E-state index contributed by atoms with van der Waals surface area (Å²) in [6, 6.07) is 9.78. The van der Waals surface area contributed by atoms with Crippen molar-refractivity contribution >= 4 is 17.8 Å². The molecule has 11 nitrogen and oxygen atoms in total. The molecule has 1 saturated carbocycles. The summed E-state index contributed by atoms with van der Waals surface area (Å²) in [5, 5.41) is 13.4. The highest BCUT2D eigenvalue weighted by molar-refractivity contribution is 5.84. The van der Waals surface area contributed by atoms with Gasteiger partial charge in [-0.2, -0.15) is 0 Å². The van der Waals surface area contributed by atoms with Crippen LogP contribution in [-0.4, -0.2) is 92.1 Å². The fourth-order valence-corrected chi connectivity index (χ4v) is 7.54. The summed E-state index contributed by atoms with van der Waals surface area (Å²) in [6.07, 6.45) is 0.367. The lowest BCUT2D eigenvalue weighted by Gasteiger charge is -2.35. The van der Waals surface area contributed by atoms with Gasteiger partial charge in [-0.15, -0.1) is 0 Å². The Morgan fingerprint density at radius 1 is 0.979 bits per heavy atom. The zero-order valence-electron chi connectivity index (χ0n) is 28.6. The number of carbonyl (C=O) groups excluding carboxylic acids is 3. The molecular weight excluding hydrogens is 604 g/mol. The van der Waals surface area contributed by atoms with Gasteiger partial charge in [-0.05, 0) is 29.7 Å². The van der Waals surface area contributed by atoms with E-state index in [4.69, 9.17) is 23.7 Å². The number of aliphatic hydroxyl groups excluding tert-OH is 1. The molecule has 1 aliphatic carbocycles. The van der Waals surface area contributed by atoms with Crippen LogP contribution in [0.5, 0.6) is 0 Å². The molecule has 5 rings (SSSR count). The van der Waals surface area contributed by atoms with Gasteiger partial charge in [0.1, 0.15) is 12.2 Å². The standard InChI is InChI=1S/C36H54N2O9/c1-22(2)17-38(37-34(42)29(36(3,4)5)16-32(41)46-26-11-12-43-20-26)18-30(39)24(13-23-9-7-6-8-10-23)15-31(40)47-33-25-14-27-28(33)21-45-35(27)44-19-25/h6-10,22,24-30,33,35,39H,11-21H2,1-5H3,(H,37,42)/t24-,25?,26?,27?,28?,29-,30+,33?,35?/m1/s1. The molecule has 1 aromatic carbocycles. The molecule has 2 bridgehead atoms. The summed E-state index contributed by atoms with van der Waals surface area (Å²) in [6.45, 7) is 12.4. The second-order valence-electron chi connectivity index (χ2n) is 15.4. The van der Waals surface area contributed by atoms with Crippen LogP contribution in [-0.2, 0) is 44.5 Å². The van der Waals surface area contributed by atoms with Crippen molar-refractivity contribution in [2.75, 3.05) is 39.5 Å². The molecule has 11 heteroatoms. The molecule has 9 atom stereocenters. The van der Waals surface area contributed by atoms with Gasteiger partial charge in [0.15, 0.2) is 6.29 Å². The fraction of sp³-hybridized carbons (Fsp3) is 0.750. The van der Waals surface area contributed by atoms with E-state index in [1.54, 1.807) is 5.01 Å². The fourth-order valence-electron chi connectivity index (χ4n) is 7.54. The first-order valence-corrected chi connectivity index (χ1v) is 17.3. The number of rotatable bonds is 15. The third-order valence-electron chi connectivity index (χ3n) is 10.0. The van der Waals surface area contributed by atoms with Crippen molar-refractivity contribution in [3.8, 4) is 0 Å². The number of ether oxygens (including phenoxy) is 5. The molecule has 47 heavy (non-hydrogen) atoms. The smallest absolute Gasteiger partial charge is 0.306 e. The van der Waals surface area contributed by atoms with Crippen molar-refractivity contribution in [2.45, 2.75) is 91.3 Å². The molecule has 3 heterocycles. The number of fused-ring (bicyclic) bond motifs is 1. The monoisotopic (exact) mass is 658 g/mol. The second-order valence-corrected chi connectivity index (χ2v) is 15.4. The van der Waals surface area contributed by atoms with Gasteiger partial charge in [0.25, 0.3) is 0 Å². The van der Waals surface area contributed by atoms with Crippen molar-refractivity contribution in [3.63, 3.8) is 0 Å². The first-order chi connectivity index (χ1) is 22.4. The highest BCUT2D eigenvalue weighted by Crippen LogP contribution is 2.49. The lowest BCUT2D eigenvalue weighted by molar-refractivity contribution is -0.178. The maximum atomic E-state index is 13.8. The minimum atomic E-state index is -0.951. The Hall–Kier alpha value is -2.57. The molecule has 6 unspecified atom stereocenters. The Morgan fingerprint density at radius 2 is 1.70 bits per heavy atom. The van der Waals surface area contributed by atoms with E-state index >= 15 is 0 Å². The van der Waals surface area contributed by atoms with Gasteiger partial charge in [0.2, 0.25) is 5.91 Å². The summed E-state index contributed by atoms with van der Waals surface area (Å²) in [5.41, 5.74) is 3.49. The summed E-state index contributed by atoms with van der Waals surface area (Å²) in [4.78, 5) is 40.1. The first kappa shape index (κ1) is 35.7. The minimum absolute atomic E-state index is 0.0343. The van der Waals surface area contributed by atoms with Gasteiger partial charge < -0.3 is 28.8 Å². The first-order valence-electron chi connectivity index (χ1n) is 17.3. The van der Waals surface area contributed by atoms with Crippen LogP contribution in [0.3, 0.4) is 0 Å². The molecule has 262 valence electrons. The van der Waals surface area contributed by atoms with E-state index in [1.807, 2.05) is 65.0 Å². The average molecular weight is 659 g/mol. The summed E-state index contributed by atoms with van der Waals surface area (Å²) in [7, 11) is 0. The maximum absolute atomic E-state index is 13.8. The number of benzene rings is 1. The third kappa shape index (κ3) is 9.53. The van der Waals surface area contributed by atoms with Crippen molar-refractivity contribution in [1.82, 2.24) is 10.4 Å². The van der Waals surface area contributed by atoms with E-state index in [0.717, 1.165) is 12.0 Å². The Morgan fingerprint density at radius 3 is 2.38 bits per heavy atom. The number of carbonyl (C=O) groups is 3. The normalized spacial score (nSPS) is 28.7. The highest BCUT2D eigenvalue weighted by atomic mass is 16.7. The molecule has 4 fully saturated rings. The lowest BCUT2D eigenvalue weighted by Crippen LogP contribution is -2.52. The zero-order chi connectivity index (χ0) is 33.7. The molecule has 2 N–H and O–H groups in total. The lowest BCUT2D eigenvalue weighted by atomic mass is 9.78. The van der Waals surface area contributed by atoms with Crippen molar-refractivity contribution < 1.29 is 43.2 Å². The maximum Gasteiger partial charge on any atom is 0.306 e. The Kier molecular flexibility index (Phi) is 12.0. The van der Waals surface area contributed by atoms with E-state index < -0.39 is 29.3 Å². The van der Waals surface area contributed by atoms with Crippen LogP contribution in [0.1, 0.15) is 65.9 Å². The van der Waals surface area contributed by atoms with E-state index in [2.05, 4.69) is 5.43 Å². The van der Waals surface area contributed by atoms with Crippen LogP contribution in [0.25, 0.3) is 0 Å². The van der Waals surface area contributed by atoms with Crippen LogP contribution < -0.4 is 5.43 Å². The van der Waals surface area contributed by atoms with E-state index in [9.17, 15) is 19.5 Å². The molecule has 4 aliphatic rings. The molecule has 0 spiro atoms. The number of aliphatic hydroxyl groups is 1. The number of esters is 2. The number of amides is 1. The summed E-state index contributed by atoms with van der Waals surface area (Å²) < 4.78 is 28.6. The summed E-state index contributed by atoms with van der Waals surface area (Å²) >= 11 is 0. The van der Waals surface area contributed by atoms with Crippen LogP contribution in [0.2, 0.25) is 0 Å². The van der Waals surface area contributed by atoms with Gasteiger partial charge in [0.05, 0.1) is 51.3 Å². The average Bonchev–Trinajstić information content (AvgIpc) is 3.72. The Labute approximate surface area is 278 Å². The molecule has 1 amide bonds. The summed E-state index contributed by atoms with van der Waals surface area (Å²) in [5.74, 6) is -1.45. The molecule has 0 aromatic heterocycles. The predicted octanol–water partition coefficient (Wildman–Crippen LogP) is 3.52. The van der Waals surface area contributed by atoms with Gasteiger partial charge in [0, 0.05) is 43.2 Å².